The Morgan fingerprint density at radius 1 is 1.69 bits per heavy atom. The Bertz CT molecular complexity index is 434. The number of carbonyl (C=O) groups is 1. The number of phenolic OH excluding ortho intramolecular Hbond substituents is 1. The van der Waals surface area contributed by atoms with Gasteiger partial charge in [0, 0.05) is 11.6 Å². The summed E-state index contributed by atoms with van der Waals surface area (Å²) < 4.78 is 4.89. The summed E-state index contributed by atoms with van der Waals surface area (Å²) in [5, 5.41) is 13.2. The quantitative estimate of drug-likeness (QED) is 0.547. The molecule has 0 aliphatic heterocycles. The predicted molar refractivity (Wildman–Crippen MR) is 60.0 cm³/mol. The highest BCUT2D eigenvalue weighted by Crippen LogP contribution is 2.31. The molecule has 1 rings (SSSR count). The van der Waals surface area contributed by atoms with Crippen LogP contribution in [0.1, 0.15) is 5.56 Å². The molecule has 0 heterocycles. The Morgan fingerprint density at radius 2 is 2.38 bits per heavy atom. The van der Waals surface area contributed by atoms with Gasteiger partial charge in [-0.3, -0.25) is 0 Å². The number of nitrogens with zero attached hydrogens (tertiary/aromatic N) is 1. The summed E-state index contributed by atoms with van der Waals surface area (Å²) in [6.07, 6.45) is 1.29. The molecule has 0 atom stereocenters. The molecule has 16 heavy (non-hydrogen) atoms. The van der Waals surface area contributed by atoms with Gasteiger partial charge in [-0.1, -0.05) is 11.6 Å². The third-order valence-electron chi connectivity index (χ3n) is 1.68. The zero-order valence-corrected chi connectivity index (χ0v) is 9.15. The van der Waals surface area contributed by atoms with Gasteiger partial charge >= 0.3 is 6.03 Å². The number of rotatable bonds is 3. The van der Waals surface area contributed by atoms with E-state index in [0.29, 0.717) is 5.56 Å². The summed E-state index contributed by atoms with van der Waals surface area (Å²) >= 11 is 5.82. The summed E-state index contributed by atoms with van der Waals surface area (Å²) in [7, 11) is 1.41. The van der Waals surface area contributed by atoms with Crippen molar-refractivity contribution in [2.75, 3.05) is 7.11 Å². The SMILES string of the molecule is COc1cc(/C=N\NC(N)=O)c(Cl)cc1O. The number of phenols is 1. The molecule has 0 aliphatic carbocycles. The van der Waals surface area contributed by atoms with Crippen LogP contribution in [-0.4, -0.2) is 24.5 Å². The molecule has 1 aromatic carbocycles. The second-order valence-corrected chi connectivity index (χ2v) is 3.19. The highest BCUT2D eigenvalue weighted by Gasteiger charge is 2.06. The Labute approximate surface area is 96.7 Å². The third-order valence-corrected chi connectivity index (χ3v) is 2.00. The lowest BCUT2D eigenvalue weighted by Gasteiger charge is -2.05. The fraction of sp³-hybridized carbons (Fsp3) is 0.111. The smallest absolute Gasteiger partial charge is 0.332 e. The van der Waals surface area contributed by atoms with E-state index in [2.05, 4.69) is 5.10 Å². The van der Waals surface area contributed by atoms with E-state index in [0.717, 1.165) is 0 Å². The summed E-state index contributed by atoms with van der Waals surface area (Å²) in [6.45, 7) is 0. The van der Waals surface area contributed by atoms with Gasteiger partial charge in [-0.25, -0.2) is 10.2 Å². The van der Waals surface area contributed by atoms with Crippen LogP contribution in [0.25, 0.3) is 0 Å². The molecule has 0 fully saturated rings. The lowest BCUT2D eigenvalue weighted by Crippen LogP contribution is -2.24. The number of hydrogen-bond donors (Lipinski definition) is 3. The Morgan fingerprint density at radius 3 is 2.94 bits per heavy atom. The first-order valence-electron chi connectivity index (χ1n) is 4.19. The van der Waals surface area contributed by atoms with E-state index in [-0.39, 0.29) is 16.5 Å². The number of hydrazone groups is 1. The van der Waals surface area contributed by atoms with Crippen LogP contribution in [0, 0.1) is 0 Å². The highest BCUT2D eigenvalue weighted by molar-refractivity contribution is 6.33. The number of methoxy groups -OCH3 is 1. The first-order valence-corrected chi connectivity index (χ1v) is 4.57. The van der Waals surface area contributed by atoms with E-state index >= 15 is 0 Å². The number of carbonyl (C=O) groups excluding carboxylic acids is 1. The Balaban J connectivity index is 2.95. The number of nitrogens with one attached hydrogen (secondary N) is 1. The minimum absolute atomic E-state index is 0.0764. The molecular formula is C9H10ClN3O3. The fourth-order valence-electron chi connectivity index (χ4n) is 0.986. The van der Waals surface area contributed by atoms with Crippen molar-refractivity contribution in [3.63, 3.8) is 0 Å². The van der Waals surface area contributed by atoms with Gasteiger partial charge in [-0.2, -0.15) is 5.10 Å². The van der Waals surface area contributed by atoms with Gasteiger partial charge in [0.25, 0.3) is 0 Å². The zero-order valence-electron chi connectivity index (χ0n) is 8.40. The van der Waals surface area contributed by atoms with Gasteiger partial charge < -0.3 is 15.6 Å². The van der Waals surface area contributed by atoms with E-state index in [1.807, 2.05) is 5.43 Å². The topological polar surface area (TPSA) is 96.9 Å². The van der Waals surface area contributed by atoms with Crippen LogP contribution >= 0.6 is 11.6 Å². The molecule has 0 radical (unpaired) electrons. The fourth-order valence-corrected chi connectivity index (χ4v) is 1.19. The first kappa shape index (κ1) is 12.1. The summed E-state index contributed by atoms with van der Waals surface area (Å²) in [6, 6.07) is 2.01. The molecule has 0 aliphatic rings. The highest BCUT2D eigenvalue weighted by atomic mass is 35.5. The van der Waals surface area contributed by atoms with Gasteiger partial charge in [0.1, 0.15) is 0 Å². The van der Waals surface area contributed by atoms with Crippen molar-refractivity contribution in [2.45, 2.75) is 0 Å². The van der Waals surface area contributed by atoms with E-state index in [4.69, 9.17) is 22.1 Å². The molecule has 86 valence electrons. The number of benzene rings is 1. The minimum Gasteiger partial charge on any atom is -0.504 e. The first-order chi connectivity index (χ1) is 7.54. The van der Waals surface area contributed by atoms with E-state index in [9.17, 15) is 9.90 Å². The molecule has 0 spiro atoms. The molecule has 0 unspecified atom stereocenters. The average Bonchev–Trinajstić information content (AvgIpc) is 2.20. The molecule has 4 N–H and O–H groups in total. The lowest BCUT2D eigenvalue weighted by atomic mass is 10.2. The van der Waals surface area contributed by atoms with Crippen LogP contribution in [0.4, 0.5) is 4.79 Å². The number of halogens is 1. The molecule has 7 heteroatoms. The number of primary amides is 1. The summed E-state index contributed by atoms with van der Waals surface area (Å²) in [4.78, 5) is 10.4. The number of urea groups is 1. The largest absolute Gasteiger partial charge is 0.504 e. The van der Waals surface area contributed by atoms with Crippen LogP contribution in [0.3, 0.4) is 0 Å². The second-order valence-electron chi connectivity index (χ2n) is 2.78. The normalized spacial score (nSPS) is 10.4. The van der Waals surface area contributed by atoms with Crippen molar-refractivity contribution < 1.29 is 14.6 Å². The molecule has 6 nitrogen and oxygen atoms in total. The molecule has 0 aromatic heterocycles. The lowest BCUT2D eigenvalue weighted by molar-refractivity contribution is 0.249. The van der Waals surface area contributed by atoms with E-state index in [1.54, 1.807) is 0 Å². The van der Waals surface area contributed by atoms with Crippen molar-refractivity contribution in [3.05, 3.63) is 22.7 Å². The number of nitrogens with two attached hydrogens (primary N) is 1. The zero-order chi connectivity index (χ0) is 12.1. The van der Waals surface area contributed by atoms with Crippen LogP contribution in [0.5, 0.6) is 11.5 Å². The van der Waals surface area contributed by atoms with Crippen molar-refractivity contribution in [2.24, 2.45) is 10.8 Å². The number of ether oxygens (including phenoxy) is 1. The molecule has 1 aromatic rings. The second kappa shape index (κ2) is 5.22. The molecular weight excluding hydrogens is 234 g/mol. The maximum absolute atomic E-state index is 10.4. The van der Waals surface area contributed by atoms with Crippen LogP contribution < -0.4 is 15.9 Å². The average molecular weight is 244 g/mol. The Hall–Kier alpha value is -1.95. The van der Waals surface area contributed by atoms with Gasteiger partial charge in [0.05, 0.1) is 18.3 Å². The van der Waals surface area contributed by atoms with Crippen LogP contribution in [-0.2, 0) is 0 Å². The minimum atomic E-state index is -0.780. The van der Waals surface area contributed by atoms with Gasteiger partial charge in [0.2, 0.25) is 0 Å². The van der Waals surface area contributed by atoms with E-state index < -0.39 is 6.03 Å². The molecule has 0 bridgehead atoms. The third kappa shape index (κ3) is 3.03. The monoisotopic (exact) mass is 243 g/mol. The predicted octanol–water partition coefficient (Wildman–Crippen LogP) is 1.06. The molecule has 0 saturated carbocycles. The number of hydrogen-bond acceptors (Lipinski definition) is 4. The van der Waals surface area contributed by atoms with Gasteiger partial charge in [-0.05, 0) is 6.07 Å². The van der Waals surface area contributed by atoms with Crippen LogP contribution in [0.15, 0.2) is 17.2 Å². The van der Waals surface area contributed by atoms with Gasteiger partial charge in [-0.15, -0.1) is 0 Å². The summed E-state index contributed by atoms with van der Waals surface area (Å²) in [5.41, 5.74) is 7.31. The van der Waals surface area contributed by atoms with Gasteiger partial charge in [0.15, 0.2) is 11.5 Å². The maximum Gasteiger partial charge on any atom is 0.332 e. The maximum atomic E-state index is 10.4. The molecule has 2 amide bonds. The van der Waals surface area contributed by atoms with Crippen LogP contribution in [0.2, 0.25) is 5.02 Å². The number of aromatic hydroxyl groups is 1. The summed E-state index contributed by atoms with van der Waals surface area (Å²) in [5.74, 6) is 0.178. The Kier molecular flexibility index (Phi) is 3.96. The van der Waals surface area contributed by atoms with Crippen molar-refractivity contribution >= 4 is 23.8 Å². The van der Waals surface area contributed by atoms with Crippen molar-refractivity contribution in [1.82, 2.24) is 5.43 Å². The van der Waals surface area contributed by atoms with Crippen molar-refractivity contribution in [3.8, 4) is 11.5 Å². The van der Waals surface area contributed by atoms with E-state index in [1.165, 1.54) is 25.5 Å². The van der Waals surface area contributed by atoms with Crippen molar-refractivity contribution in [1.29, 1.82) is 0 Å². The molecule has 0 saturated heterocycles. The number of amides is 2. The standard InChI is InChI=1S/C9H10ClN3O3/c1-16-8-2-5(4-12-13-9(11)15)6(10)3-7(8)14/h2-4,14H,1H3,(H3,11,13,15)/b12-4-.